The van der Waals surface area contributed by atoms with Crippen molar-refractivity contribution in [2.45, 2.75) is 20.0 Å². The molecule has 7 heteroatoms. The van der Waals surface area contributed by atoms with Crippen LogP contribution in [0, 0.1) is 0 Å². The maximum atomic E-state index is 12.1. The first-order valence-corrected chi connectivity index (χ1v) is 8.47. The molecule has 0 saturated carbocycles. The van der Waals surface area contributed by atoms with E-state index in [1.54, 1.807) is 43.4 Å². The Morgan fingerprint density at radius 3 is 2.56 bits per heavy atom. The van der Waals surface area contributed by atoms with Crippen LogP contribution in [0.15, 0.2) is 36.4 Å². The van der Waals surface area contributed by atoms with E-state index in [-0.39, 0.29) is 18.7 Å². The Labute approximate surface area is 157 Å². The molecule has 27 heavy (non-hydrogen) atoms. The molecule has 2 aromatic rings. The van der Waals surface area contributed by atoms with Crippen LogP contribution in [0.1, 0.15) is 34.6 Å². The Morgan fingerprint density at radius 2 is 1.85 bits per heavy atom. The molecule has 3 rings (SSSR count). The number of rotatable bonds is 5. The molecule has 0 bridgehead atoms. The van der Waals surface area contributed by atoms with Crippen LogP contribution in [0.2, 0.25) is 0 Å². The fourth-order valence-corrected chi connectivity index (χ4v) is 2.64. The molecule has 7 nitrogen and oxygen atoms in total. The lowest BCUT2D eigenvalue weighted by molar-refractivity contribution is 0.0588. The molecule has 0 unspecified atom stereocenters. The Hall–Kier alpha value is -3.22. The van der Waals surface area contributed by atoms with Crippen LogP contribution in [0.4, 0.5) is 0 Å². The summed E-state index contributed by atoms with van der Waals surface area (Å²) in [6, 6.07) is 9.83. The number of methoxy groups -OCH3 is 1. The molecular formula is C20H21NO6. The van der Waals surface area contributed by atoms with E-state index in [2.05, 4.69) is 0 Å². The number of benzene rings is 2. The third-order valence-corrected chi connectivity index (χ3v) is 3.85. The molecule has 0 spiro atoms. The maximum absolute atomic E-state index is 12.1. The predicted molar refractivity (Wildman–Crippen MR) is 97.7 cm³/mol. The van der Waals surface area contributed by atoms with Gasteiger partial charge < -0.3 is 23.8 Å². The monoisotopic (exact) mass is 371 g/mol. The van der Waals surface area contributed by atoms with Gasteiger partial charge in [0.05, 0.1) is 24.3 Å². The summed E-state index contributed by atoms with van der Waals surface area (Å²) in [5.41, 5.74) is 0.792. The molecular weight excluding hydrogens is 350 g/mol. The van der Waals surface area contributed by atoms with E-state index in [0.29, 0.717) is 34.1 Å². The summed E-state index contributed by atoms with van der Waals surface area (Å²) >= 11 is 0. The van der Waals surface area contributed by atoms with Crippen LogP contribution in [-0.4, -0.2) is 43.8 Å². The van der Waals surface area contributed by atoms with Crippen molar-refractivity contribution in [2.24, 2.45) is 0 Å². The summed E-state index contributed by atoms with van der Waals surface area (Å²) in [5.74, 6) is 1.24. The third kappa shape index (κ3) is 4.13. The van der Waals surface area contributed by atoms with Crippen molar-refractivity contribution >= 4 is 11.9 Å². The minimum atomic E-state index is -0.489. The van der Waals surface area contributed by atoms with Crippen LogP contribution in [-0.2, 0) is 4.74 Å². The first-order valence-electron chi connectivity index (χ1n) is 8.47. The second kappa shape index (κ2) is 7.57. The van der Waals surface area contributed by atoms with E-state index < -0.39 is 5.97 Å². The van der Waals surface area contributed by atoms with Gasteiger partial charge in [0.2, 0.25) is 0 Å². The van der Waals surface area contributed by atoms with Crippen LogP contribution in [0.5, 0.6) is 23.0 Å². The highest BCUT2D eigenvalue weighted by Crippen LogP contribution is 2.33. The summed E-state index contributed by atoms with van der Waals surface area (Å²) in [4.78, 5) is 25.5. The van der Waals surface area contributed by atoms with Gasteiger partial charge in [-0.25, -0.2) is 4.79 Å². The van der Waals surface area contributed by atoms with Crippen LogP contribution >= 0.6 is 0 Å². The molecule has 142 valence electrons. The minimum Gasteiger partial charge on any atom is -0.491 e. The van der Waals surface area contributed by atoms with Gasteiger partial charge in [-0.2, -0.15) is 0 Å². The largest absolute Gasteiger partial charge is 0.491 e. The van der Waals surface area contributed by atoms with E-state index in [0.717, 1.165) is 0 Å². The van der Waals surface area contributed by atoms with Crippen LogP contribution < -0.4 is 14.2 Å². The Kier molecular flexibility index (Phi) is 5.21. The van der Waals surface area contributed by atoms with Crippen LogP contribution in [0.25, 0.3) is 0 Å². The molecule has 0 fully saturated rings. The van der Waals surface area contributed by atoms with Gasteiger partial charge in [-0.15, -0.1) is 0 Å². The zero-order chi connectivity index (χ0) is 19.6. The molecule has 0 radical (unpaired) electrons. The molecule has 1 amide bonds. The minimum absolute atomic E-state index is 0.0640. The van der Waals surface area contributed by atoms with E-state index >= 15 is 0 Å². The van der Waals surface area contributed by atoms with Gasteiger partial charge in [0.25, 0.3) is 5.91 Å². The second-order valence-corrected chi connectivity index (χ2v) is 6.39. The van der Waals surface area contributed by atoms with E-state index in [1.807, 2.05) is 13.8 Å². The van der Waals surface area contributed by atoms with Gasteiger partial charge in [-0.3, -0.25) is 4.79 Å². The summed E-state index contributed by atoms with van der Waals surface area (Å²) < 4.78 is 21.9. The van der Waals surface area contributed by atoms with Crippen LogP contribution in [0.3, 0.4) is 0 Å². The number of hydrogen-bond acceptors (Lipinski definition) is 6. The number of ether oxygens (including phenoxy) is 4. The van der Waals surface area contributed by atoms with Crippen molar-refractivity contribution in [3.8, 4) is 23.0 Å². The number of carbonyl (C=O) groups excluding carboxylic acids is 2. The first-order chi connectivity index (χ1) is 12.9. The van der Waals surface area contributed by atoms with E-state index in [4.69, 9.17) is 18.9 Å². The molecule has 0 N–H and O–H groups in total. The van der Waals surface area contributed by atoms with Crippen molar-refractivity contribution < 1.29 is 28.5 Å². The van der Waals surface area contributed by atoms with Crippen molar-refractivity contribution in [3.05, 3.63) is 47.5 Å². The lowest BCUT2D eigenvalue weighted by atomic mass is 10.1. The summed E-state index contributed by atoms with van der Waals surface area (Å²) in [5, 5.41) is 0. The van der Waals surface area contributed by atoms with E-state index in [9.17, 15) is 9.59 Å². The average molecular weight is 371 g/mol. The molecule has 0 saturated heterocycles. The summed E-state index contributed by atoms with van der Waals surface area (Å²) in [7, 11) is 2.98. The number of nitrogens with zero attached hydrogens (tertiary/aromatic N) is 1. The zero-order valence-corrected chi connectivity index (χ0v) is 15.6. The standard InChI is InChI=1S/C20H21NO6/c1-12(2)26-15-7-13(20(23)24-4)8-16(9-15)27-14-5-6-17-18(10-14)25-11-21(3)19(17)22/h5-10,12H,11H2,1-4H3. The molecule has 0 aliphatic carbocycles. The molecule has 1 heterocycles. The van der Waals surface area contributed by atoms with Gasteiger partial charge in [0.1, 0.15) is 23.0 Å². The normalized spacial score (nSPS) is 13.1. The highest BCUT2D eigenvalue weighted by Gasteiger charge is 2.23. The van der Waals surface area contributed by atoms with Gasteiger partial charge in [0.15, 0.2) is 6.73 Å². The molecule has 2 aromatic carbocycles. The lowest BCUT2D eigenvalue weighted by Gasteiger charge is -2.25. The van der Waals surface area contributed by atoms with Crippen molar-refractivity contribution in [1.82, 2.24) is 4.90 Å². The van der Waals surface area contributed by atoms with Gasteiger partial charge >= 0.3 is 5.97 Å². The topological polar surface area (TPSA) is 74.3 Å². The lowest BCUT2D eigenvalue weighted by Crippen LogP contribution is -2.35. The molecule has 1 aliphatic heterocycles. The number of amides is 1. The Balaban J connectivity index is 1.90. The Bertz CT molecular complexity index is 877. The van der Waals surface area contributed by atoms with Gasteiger partial charge in [-0.1, -0.05) is 0 Å². The second-order valence-electron chi connectivity index (χ2n) is 6.39. The number of carbonyl (C=O) groups is 2. The SMILES string of the molecule is COC(=O)c1cc(Oc2ccc3c(c2)OCN(C)C3=O)cc(OC(C)C)c1. The quantitative estimate of drug-likeness (QED) is 0.749. The van der Waals surface area contributed by atoms with Crippen molar-refractivity contribution in [1.29, 1.82) is 0 Å². The van der Waals surface area contributed by atoms with E-state index in [1.165, 1.54) is 12.0 Å². The third-order valence-electron chi connectivity index (χ3n) is 3.85. The maximum Gasteiger partial charge on any atom is 0.338 e. The highest BCUT2D eigenvalue weighted by molar-refractivity contribution is 5.97. The van der Waals surface area contributed by atoms with Crippen molar-refractivity contribution in [3.63, 3.8) is 0 Å². The molecule has 0 aromatic heterocycles. The highest BCUT2D eigenvalue weighted by atomic mass is 16.5. The Morgan fingerprint density at radius 1 is 1.11 bits per heavy atom. The number of fused-ring (bicyclic) bond motifs is 1. The predicted octanol–water partition coefficient (Wildman–Crippen LogP) is 3.47. The first kappa shape index (κ1) is 18.6. The fraction of sp³-hybridized carbons (Fsp3) is 0.300. The molecule has 0 atom stereocenters. The fourth-order valence-electron chi connectivity index (χ4n) is 2.64. The number of esters is 1. The number of hydrogen-bond donors (Lipinski definition) is 0. The van der Waals surface area contributed by atoms with Gasteiger partial charge in [0, 0.05) is 19.2 Å². The van der Waals surface area contributed by atoms with Gasteiger partial charge in [-0.05, 0) is 38.1 Å². The summed E-state index contributed by atoms with van der Waals surface area (Å²) in [6.07, 6.45) is -0.0640. The smallest absolute Gasteiger partial charge is 0.338 e. The zero-order valence-electron chi connectivity index (χ0n) is 15.6. The molecule has 1 aliphatic rings. The average Bonchev–Trinajstić information content (AvgIpc) is 2.63. The van der Waals surface area contributed by atoms with Crippen molar-refractivity contribution in [2.75, 3.05) is 20.9 Å². The summed E-state index contributed by atoms with van der Waals surface area (Å²) in [6.45, 7) is 3.96.